The molecule has 4 rings (SSSR count). The highest BCUT2D eigenvalue weighted by molar-refractivity contribution is 5.95. The van der Waals surface area contributed by atoms with Crippen LogP contribution < -0.4 is 5.43 Å². The Morgan fingerprint density at radius 3 is 2.81 bits per heavy atom. The Hall–Kier alpha value is -2.74. The number of hydrogen-bond donors (Lipinski definition) is 1. The van der Waals surface area contributed by atoms with E-state index in [9.17, 15) is 18.8 Å². The molecule has 1 N–H and O–H groups in total. The number of piperazine rings is 2. The SMILES string of the molecule is CN1CC(=O)N2CCN(Cc3cc(=O)c4cc(F)ccc4[nH]3)C[C@@H]2C1=O. The van der Waals surface area contributed by atoms with Crippen LogP contribution in [0.3, 0.4) is 0 Å². The standard InChI is InChI=1S/C18H19FN4O3/c1-21-10-17(25)23-5-4-22(9-15(23)18(21)26)8-12-7-16(24)13-6-11(19)2-3-14(13)20-12/h2-3,6-7,15H,4-5,8-10H2,1H3,(H,20,24)/t15-/m1/s1. The molecule has 3 heterocycles. The number of nitrogens with one attached hydrogen (secondary N) is 1. The van der Waals surface area contributed by atoms with Crippen molar-refractivity contribution in [2.45, 2.75) is 12.6 Å². The molecule has 0 saturated carbocycles. The van der Waals surface area contributed by atoms with Crippen LogP contribution in [0.25, 0.3) is 10.9 Å². The number of likely N-dealkylation sites (N-methyl/N-ethyl adjacent to an activating group) is 1. The number of benzene rings is 1. The lowest BCUT2D eigenvalue weighted by atomic mass is 10.1. The van der Waals surface area contributed by atoms with Gasteiger partial charge >= 0.3 is 0 Å². The number of amides is 2. The largest absolute Gasteiger partial charge is 0.357 e. The Bertz CT molecular complexity index is 957. The number of fused-ring (bicyclic) bond motifs is 2. The number of H-pyrrole nitrogens is 1. The quantitative estimate of drug-likeness (QED) is 0.829. The van der Waals surface area contributed by atoms with Gasteiger partial charge in [-0.2, -0.15) is 0 Å². The number of carbonyl (C=O) groups excluding carboxylic acids is 2. The van der Waals surface area contributed by atoms with Gasteiger partial charge in [0.1, 0.15) is 11.9 Å². The molecule has 0 unspecified atom stereocenters. The molecule has 2 amide bonds. The van der Waals surface area contributed by atoms with Crippen LogP contribution >= 0.6 is 0 Å². The van der Waals surface area contributed by atoms with Crippen LogP contribution in [-0.2, 0) is 16.1 Å². The van der Waals surface area contributed by atoms with Gasteiger partial charge in [-0.25, -0.2) is 4.39 Å². The van der Waals surface area contributed by atoms with Gasteiger partial charge in [-0.05, 0) is 18.2 Å². The fourth-order valence-electron chi connectivity index (χ4n) is 3.72. The molecule has 136 valence electrons. The highest BCUT2D eigenvalue weighted by atomic mass is 19.1. The van der Waals surface area contributed by atoms with Gasteiger partial charge in [-0.1, -0.05) is 0 Å². The molecule has 1 atom stereocenters. The predicted octanol–water partition coefficient (Wildman–Crippen LogP) is 0.152. The molecule has 2 aliphatic heterocycles. The summed E-state index contributed by atoms with van der Waals surface area (Å²) in [6, 6.07) is 5.07. The molecule has 2 fully saturated rings. The molecular weight excluding hydrogens is 339 g/mol. The Kier molecular flexibility index (Phi) is 3.99. The monoisotopic (exact) mass is 358 g/mol. The second-order valence-corrected chi connectivity index (χ2v) is 6.88. The lowest BCUT2D eigenvalue weighted by Gasteiger charge is -2.45. The number of carbonyl (C=O) groups is 2. The number of rotatable bonds is 2. The van der Waals surface area contributed by atoms with Gasteiger partial charge in [-0.3, -0.25) is 19.3 Å². The van der Waals surface area contributed by atoms with E-state index in [0.29, 0.717) is 42.8 Å². The molecular formula is C18H19FN4O3. The van der Waals surface area contributed by atoms with Crippen LogP contribution in [0, 0.1) is 5.82 Å². The molecule has 2 aliphatic rings. The minimum absolute atomic E-state index is 0.0297. The maximum atomic E-state index is 13.3. The fourth-order valence-corrected chi connectivity index (χ4v) is 3.72. The summed E-state index contributed by atoms with van der Waals surface area (Å²) >= 11 is 0. The first-order chi connectivity index (χ1) is 12.4. The van der Waals surface area contributed by atoms with E-state index in [0.717, 1.165) is 0 Å². The molecule has 7 nitrogen and oxygen atoms in total. The van der Waals surface area contributed by atoms with Crippen molar-refractivity contribution in [3.05, 3.63) is 46.0 Å². The minimum atomic E-state index is -0.476. The highest BCUT2D eigenvalue weighted by Crippen LogP contribution is 2.19. The summed E-state index contributed by atoms with van der Waals surface area (Å²) in [4.78, 5) is 45.0. The molecule has 2 aromatic rings. The summed E-state index contributed by atoms with van der Waals surface area (Å²) < 4.78 is 13.3. The third kappa shape index (κ3) is 2.86. The maximum absolute atomic E-state index is 13.3. The molecule has 26 heavy (non-hydrogen) atoms. The number of hydrogen-bond acceptors (Lipinski definition) is 4. The first kappa shape index (κ1) is 16.7. The zero-order valence-corrected chi connectivity index (χ0v) is 14.4. The Labute approximate surface area is 149 Å². The molecule has 0 radical (unpaired) electrons. The third-order valence-corrected chi connectivity index (χ3v) is 5.06. The Balaban J connectivity index is 1.56. The molecule has 8 heteroatoms. The van der Waals surface area contributed by atoms with Crippen molar-refractivity contribution < 1.29 is 14.0 Å². The van der Waals surface area contributed by atoms with Crippen molar-refractivity contribution in [2.24, 2.45) is 0 Å². The minimum Gasteiger partial charge on any atom is -0.357 e. The summed E-state index contributed by atoms with van der Waals surface area (Å²) in [6.45, 7) is 2.13. The lowest BCUT2D eigenvalue weighted by molar-refractivity contribution is -0.158. The maximum Gasteiger partial charge on any atom is 0.246 e. The number of aromatic amines is 1. The predicted molar refractivity (Wildman–Crippen MR) is 92.9 cm³/mol. The summed E-state index contributed by atoms with van der Waals surface area (Å²) in [7, 11) is 1.64. The average molecular weight is 358 g/mol. The second-order valence-electron chi connectivity index (χ2n) is 6.88. The van der Waals surface area contributed by atoms with E-state index in [1.165, 1.54) is 23.1 Å². The smallest absolute Gasteiger partial charge is 0.246 e. The van der Waals surface area contributed by atoms with E-state index in [2.05, 4.69) is 4.98 Å². The topological polar surface area (TPSA) is 76.7 Å². The van der Waals surface area contributed by atoms with Crippen LogP contribution in [0.1, 0.15) is 5.69 Å². The van der Waals surface area contributed by atoms with Crippen molar-refractivity contribution in [1.82, 2.24) is 19.7 Å². The van der Waals surface area contributed by atoms with Gasteiger partial charge in [0.25, 0.3) is 0 Å². The number of halogens is 1. The van der Waals surface area contributed by atoms with Crippen molar-refractivity contribution in [3.8, 4) is 0 Å². The molecule has 0 bridgehead atoms. The van der Waals surface area contributed by atoms with Crippen LogP contribution in [-0.4, -0.2) is 70.8 Å². The van der Waals surface area contributed by atoms with Gasteiger partial charge in [0.15, 0.2) is 5.43 Å². The number of pyridine rings is 1. The number of aromatic nitrogens is 1. The second kappa shape index (κ2) is 6.21. The summed E-state index contributed by atoms with van der Waals surface area (Å²) in [5.74, 6) is -0.536. The van der Waals surface area contributed by atoms with Gasteiger partial charge < -0.3 is 14.8 Å². The van der Waals surface area contributed by atoms with Crippen molar-refractivity contribution in [2.75, 3.05) is 33.2 Å². The third-order valence-electron chi connectivity index (χ3n) is 5.06. The van der Waals surface area contributed by atoms with Crippen LogP contribution in [0.4, 0.5) is 4.39 Å². The van der Waals surface area contributed by atoms with Crippen molar-refractivity contribution in [3.63, 3.8) is 0 Å². The first-order valence-corrected chi connectivity index (χ1v) is 8.50. The molecule has 0 spiro atoms. The summed E-state index contributed by atoms with van der Waals surface area (Å²) in [6.07, 6.45) is 0. The van der Waals surface area contributed by atoms with E-state index in [1.807, 2.05) is 4.90 Å². The molecule has 1 aromatic carbocycles. The zero-order valence-electron chi connectivity index (χ0n) is 14.4. The lowest BCUT2D eigenvalue weighted by Crippen LogP contribution is -2.65. The first-order valence-electron chi connectivity index (χ1n) is 8.50. The average Bonchev–Trinajstić information content (AvgIpc) is 2.60. The van der Waals surface area contributed by atoms with Gasteiger partial charge in [0, 0.05) is 55.9 Å². The Morgan fingerprint density at radius 2 is 2.00 bits per heavy atom. The van der Waals surface area contributed by atoms with Crippen molar-refractivity contribution >= 4 is 22.7 Å². The van der Waals surface area contributed by atoms with E-state index < -0.39 is 11.9 Å². The normalized spacial score (nSPS) is 21.4. The van der Waals surface area contributed by atoms with Crippen LogP contribution in [0.15, 0.2) is 29.1 Å². The zero-order chi connectivity index (χ0) is 18.4. The summed E-state index contributed by atoms with van der Waals surface area (Å²) in [5, 5.41) is 0.313. The Morgan fingerprint density at radius 1 is 1.19 bits per heavy atom. The summed E-state index contributed by atoms with van der Waals surface area (Å²) in [5.41, 5.74) is 1.04. The van der Waals surface area contributed by atoms with E-state index in [4.69, 9.17) is 0 Å². The van der Waals surface area contributed by atoms with Crippen molar-refractivity contribution in [1.29, 1.82) is 0 Å². The van der Waals surface area contributed by atoms with Gasteiger partial charge in [0.2, 0.25) is 11.8 Å². The molecule has 2 saturated heterocycles. The molecule has 0 aliphatic carbocycles. The van der Waals surface area contributed by atoms with E-state index in [1.54, 1.807) is 18.0 Å². The van der Waals surface area contributed by atoms with Crippen LogP contribution in [0.2, 0.25) is 0 Å². The van der Waals surface area contributed by atoms with E-state index in [-0.39, 0.29) is 23.8 Å². The van der Waals surface area contributed by atoms with E-state index >= 15 is 0 Å². The van der Waals surface area contributed by atoms with Crippen LogP contribution in [0.5, 0.6) is 0 Å². The van der Waals surface area contributed by atoms with Gasteiger partial charge in [-0.15, -0.1) is 0 Å². The fraction of sp³-hybridized carbons (Fsp3) is 0.389. The molecule has 1 aromatic heterocycles. The van der Waals surface area contributed by atoms with Gasteiger partial charge in [0.05, 0.1) is 6.54 Å². The number of nitrogens with zero attached hydrogens (tertiary/aromatic N) is 3. The highest BCUT2D eigenvalue weighted by Gasteiger charge is 2.41.